The van der Waals surface area contributed by atoms with Crippen LogP contribution in [0.25, 0.3) is 0 Å². The van der Waals surface area contributed by atoms with Gasteiger partial charge in [0.25, 0.3) is 5.91 Å². The van der Waals surface area contributed by atoms with Crippen molar-refractivity contribution in [2.45, 2.75) is 43.0 Å². The maximum Gasteiger partial charge on any atom is 0.251 e. The Hall–Kier alpha value is -1.44. The summed E-state index contributed by atoms with van der Waals surface area (Å²) in [6.07, 6.45) is 5.83. The van der Waals surface area contributed by atoms with Crippen LogP contribution in [0, 0.1) is 5.92 Å². The first-order valence-corrected chi connectivity index (χ1v) is 9.51. The van der Waals surface area contributed by atoms with Crippen molar-refractivity contribution in [2.75, 3.05) is 13.6 Å². The number of nitrogens with two attached hydrogens (primary N) is 1. The molecular weight excluding hydrogens is 314 g/mol. The molecule has 0 aliphatic heterocycles. The molecule has 2 rings (SSSR count). The van der Waals surface area contributed by atoms with E-state index in [1.165, 1.54) is 50.6 Å². The minimum Gasteiger partial charge on any atom is -0.348 e. The summed E-state index contributed by atoms with van der Waals surface area (Å²) in [4.78, 5) is 12.5. The minimum atomic E-state index is -3.49. The Balaban J connectivity index is 2.04. The first-order valence-electron chi connectivity index (χ1n) is 8.02. The van der Waals surface area contributed by atoms with Gasteiger partial charge in [0, 0.05) is 18.2 Å². The number of amides is 1. The Kier molecular flexibility index (Phi) is 6.15. The van der Waals surface area contributed by atoms with E-state index < -0.39 is 10.0 Å². The summed E-state index contributed by atoms with van der Waals surface area (Å²) in [6, 6.07) is 5.88. The molecule has 1 atom stereocenters. The number of rotatable bonds is 6. The summed E-state index contributed by atoms with van der Waals surface area (Å²) in [5.41, 5.74) is 6.27. The van der Waals surface area contributed by atoms with Gasteiger partial charge in [-0.15, -0.1) is 0 Å². The monoisotopic (exact) mass is 339 g/mol. The van der Waals surface area contributed by atoms with Crippen LogP contribution in [-0.2, 0) is 10.0 Å². The molecule has 6 nitrogen and oxygen atoms in total. The predicted molar refractivity (Wildman–Crippen MR) is 89.6 cm³/mol. The van der Waals surface area contributed by atoms with E-state index in [0.717, 1.165) is 12.8 Å². The molecule has 0 bridgehead atoms. The Labute approximate surface area is 137 Å². The van der Waals surface area contributed by atoms with Gasteiger partial charge in [-0.05, 0) is 50.1 Å². The molecule has 0 radical (unpaired) electrons. The third-order valence-corrected chi connectivity index (χ3v) is 5.92. The number of hydrogen-bond acceptors (Lipinski definition) is 4. The summed E-state index contributed by atoms with van der Waals surface area (Å²) in [5.74, 6) is 0.223. The van der Waals surface area contributed by atoms with Crippen molar-refractivity contribution < 1.29 is 13.2 Å². The zero-order valence-corrected chi connectivity index (χ0v) is 14.2. The largest absolute Gasteiger partial charge is 0.348 e. The highest BCUT2D eigenvalue weighted by Gasteiger charge is 2.24. The molecule has 23 heavy (non-hydrogen) atoms. The van der Waals surface area contributed by atoms with Gasteiger partial charge in [-0.25, -0.2) is 13.1 Å². The molecule has 0 spiro atoms. The topological polar surface area (TPSA) is 101 Å². The number of carbonyl (C=O) groups excluding carboxylic acids is 1. The maximum atomic E-state index is 12.4. The van der Waals surface area contributed by atoms with Gasteiger partial charge < -0.3 is 11.1 Å². The molecule has 1 aliphatic rings. The molecule has 0 saturated heterocycles. The molecule has 4 N–H and O–H groups in total. The predicted octanol–water partition coefficient (Wildman–Crippen LogP) is 1.23. The lowest BCUT2D eigenvalue weighted by atomic mass is 9.84. The van der Waals surface area contributed by atoms with Crippen LogP contribution in [0.4, 0.5) is 0 Å². The molecule has 1 aliphatic carbocycles. The van der Waals surface area contributed by atoms with Crippen molar-refractivity contribution in [3.8, 4) is 0 Å². The first-order chi connectivity index (χ1) is 11.0. The average Bonchev–Trinajstić information content (AvgIpc) is 2.60. The first kappa shape index (κ1) is 17.9. The quantitative estimate of drug-likeness (QED) is 0.725. The van der Waals surface area contributed by atoms with Gasteiger partial charge in [-0.1, -0.05) is 19.3 Å². The highest BCUT2D eigenvalue weighted by Crippen LogP contribution is 2.26. The number of hydrogen-bond donors (Lipinski definition) is 3. The smallest absolute Gasteiger partial charge is 0.251 e. The lowest BCUT2D eigenvalue weighted by Gasteiger charge is -2.30. The minimum absolute atomic E-state index is 0.0245. The van der Waals surface area contributed by atoms with Crippen LogP contribution >= 0.6 is 0 Å². The van der Waals surface area contributed by atoms with E-state index >= 15 is 0 Å². The highest BCUT2D eigenvalue weighted by atomic mass is 32.2. The fourth-order valence-electron chi connectivity index (χ4n) is 3.06. The van der Waals surface area contributed by atoms with Crippen LogP contribution in [0.3, 0.4) is 0 Å². The summed E-state index contributed by atoms with van der Waals surface area (Å²) >= 11 is 0. The Morgan fingerprint density at radius 2 is 1.83 bits per heavy atom. The van der Waals surface area contributed by atoms with Gasteiger partial charge in [-0.2, -0.15) is 0 Å². The van der Waals surface area contributed by atoms with Crippen molar-refractivity contribution in [3.05, 3.63) is 29.8 Å². The van der Waals surface area contributed by atoms with Crippen LogP contribution < -0.4 is 15.8 Å². The molecule has 0 aromatic heterocycles. The van der Waals surface area contributed by atoms with E-state index in [1.54, 1.807) is 0 Å². The fourth-order valence-corrected chi connectivity index (χ4v) is 3.79. The van der Waals surface area contributed by atoms with Crippen molar-refractivity contribution in [1.29, 1.82) is 0 Å². The second kappa shape index (κ2) is 7.90. The van der Waals surface area contributed by atoms with Gasteiger partial charge in [0.05, 0.1) is 4.90 Å². The maximum absolute atomic E-state index is 12.4. The molecule has 1 unspecified atom stereocenters. The van der Waals surface area contributed by atoms with Gasteiger partial charge in [0.15, 0.2) is 0 Å². The van der Waals surface area contributed by atoms with Gasteiger partial charge in [0.2, 0.25) is 10.0 Å². The number of benzene rings is 1. The van der Waals surface area contributed by atoms with E-state index in [4.69, 9.17) is 5.73 Å². The van der Waals surface area contributed by atoms with Crippen molar-refractivity contribution >= 4 is 15.9 Å². The van der Waals surface area contributed by atoms with Gasteiger partial charge in [-0.3, -0.25) is 4.79 Å². The molecule has 128 valence electrons. The SMILES string of the molecule is CNS(=O)(=O)c1ccc(C(=O)NC(CN)C2CCCCC2)cc1. The van der Waals surface area contributed by atoms with Crippen LogP contribution in [0.1, 0.15) is 42.5 Å². The summed E-state index contributed by atoms with van der Waals surface area (Å²) in [5, 5.41) is 3.00. The van der Waals surface area contributed by atoms with Crippen LogP contribution in [-0.4, -0.2) is 34.0 Å². The molecule has 7 heteroatoms. The van der Waals surface area contributed by atoms with E-state index in [2.05, 4.69) is 10.0 Å². The third kappa shape index (κ3) is 4.53. The molecule has 1 aromatic carbocycles. The van der Waals surface area contributed by atoms with E-state index in [0.29, 0.717) is 18.0 Å². The Morgan fingerprint density at radius 3 is 2.35 bits per heavy atom. The van der Waals surface area contributed by atoms with E-state index in [1.807, 2.05) is 0 Å². The third-order valence-electron chi connectivity index (χ3n) is 4.48. The van der Waals surface area contributed by atoms with E-state index in [-0.39, 0.29) is 16.8 Å². The normalized spacial score (nSPS) is 17.7. The fraction of sp³-hybridized carbons (Fsp3) is 0.562. The summed E-state index contributed by atoms with van der Waals surface area (Å²) in [7, 11) is -2.13. The Morgan fingerprint density at radius 1 is 1.22 bits per heavy atom. The number of nitrogens with one attached hydrogen (secondary N) is 2. The summed E-state index contributed by atoms with van der Waals surface area (Å²) < 4.78 is 25.6. The van der Waals surface area contributed by atoms with Crippen LogP contribution in [0.15, 0.2) is 29.2 Å². The molecule has 1 aromatic rings. The zero-order valence-electron chi connectivity index (χ0n) is 13.4. The lowest BCUT2D eigenvalue weighted by molar-refractivity contribution is 0.0915. The number of carbonyl (C=O) groups is 1. The molecular formula is C16H25N3O3S. The zero-order chi connectivity index (χ0) is 16.9. The van der Waals surface area contributed by atoms with Crippen LogP contribution in [0.5, 0.6) is 0 Å². The molecule has 1 amide bonds. The second-order valence-corrected chi connectivity index (χ2v) is 7.83. The Bertz CT molecular complexity index is 622. The molecule has 0 heterocycles. The van der Waals surface area contributed by atoms with Gasteiger partial charge >= 0.3 is 0 Å². The second-order valence-electron chi connectivity index (χ2n) is 5.95. The molecule has 1 fully saturated rings. The van der Waals surface area contributed by atoms with Crippen molar-refractivity contribution in [3.63, 3.8) is 0 Å². The average molecular weight is 339 g/mol. The van der Waals surface area contributed by atoms with Crippen molar-refractivity contribution in [1.82, 2.24) is 10.0 Å². The highest BCUT2D eigenvalue weighted by molar-refractivity contribution is 7.89. The van der Waals surface area contributed by atoms with Crippen LogP contribution in [0.2, 0.25) is 0 Å². The van der Waals surface area contributed by atoms with Gasteiger partial charge in [0.1, 0.15) is 0 Å². The summed E-state index contributed by atoms with van der Waals surface area (Å²) in [6.45, 7) is 0.419. The van der Waals surface area contributed by atoms with Crippen molar-refractivity contribution in [2.24, 2.45) is 11.7 Å². The van der Waals surface area contributed by atoms with E-state index in [9.17, 15) is 13.2 Å². The standard InChI is InChI=1S/C16H25N3O3S/c1-18-23(21,22)14-9-7-13(8-10-14)16(20)19-15(11-17)12-5-3-2-4-6-12/h7-10,12,15,18H,2-6,11,17H2,1H3,(H,19,20). The molecule has 1 saturated carbocycles. The number of sulfonamides is 1. The lowest BCUT2D eigenvalue weighted by Crippen LogP contribution is -2.45.